The van der Waals surface area contributed by atoms with Crippen LogP contribution in [-0.2, 0) is 13.0 Å². The Morgan fingerprint density at radius 3 is 2.74 bits per heavy atom. The third-order valence-corrected chi connectivity index (χ3v) is 8.41. The molecule has 42 heavy (non-hydrogen) atoms. The number of nitrogens with zero attached hydrogens (tertiary/aromatic N) is 6. The highest BCUT2D eigenvalue weighted by Gasteiger charge is 2.21. The van der Waals surface area contributed by atoms with E-state index in [0.29, 0.717) is 40.1 Å². The molecule has 2 aromatic carbocycles. The number of likely N-dealkylation sites (N-methyl/N-ethyl adjacent to an activating group) is 1. The molecule has 2 aliphatic heterocycles. The number of nitrogen functional groups attached to an aromatic ring is 1. The van der Waals surface area contributed by atoms with Gasteiger partial charge >= 0.3 is 0 Å². The van der Waals surface area contributed by atoms with Gasteiger partial charge in [-0.05, 0) is 49.2 Å². The van der Waals surface area contributed by atoms with E-state index >= 15 is 0 Å². The number of H-pyrrole nitrogens is 1. The van der Waals surface area contributed by atoms with Crippen LogP contribution >= 0.6 is 0 Å². The number of aromatic amines is 1. The Hall–Kier alpha value is -4.48. The number of benzene rings is 2. The first-order valence-corrected chi connectivity index (χ1v) is 14.6. The monoisotopic (exact) mass is 565 g/mol. The first-order chi connectivity index (χ1) is 20.5. The quantitative estimate of drug-likeness (QED) is 0.272. The maximum atomic E-state index is 13.8. The maximum absolute atomic E-state index is 13.8. The molecule has 0 saturated carbocycles. The Bertz CT molecular complexity index is 1790. The number of fused-ring (bicyclic) bond motifs is 4. The number of hydrogen-bond donors (Lipinski definition) is 3. The number of nitrogens with two attached hydrogens (primary N) is 1. The molecule has 5 aromatic rings. The molecule has 0 radical (unpaired) electrons. The van der Waals surface area contributed by atoms with Crippen LogP contribution in [0, 0.1) is 0 Å². The molecule has 11 heteroatoms. The molecule has 0 amide bonds. The van der Waals surface area contributed by atoms with Gasteiger partial charge < -0.3 is 20.7 Å². The Morgan fingerprint density at radius 1 is 1.10 bits per heavy atom. The van der Waals surface area contributed by atoms with Crippen LogP contribution in [-0.4, -0.2) is 80.4 Å². The molecule has 0 spiro atoms. The first-order valence-electron chi connectivity index (χ1n) is 14.6. The van der Waals surface area contributed by atoms with Crippen LogP contribution in [0.15, 0.2) is 59.5 Å². The van der Waals surface area contributed by atoms with Gasteiger partial charge in [0.1, 0.15) is 17.2 Å². The molecule has 1 atom stereocenters. The Balaban J connectivity index is 1.15. The number of aromatic nitrogens is 5. The maximum Gasteiger partial charge on any atom is 0.270 e. The predicted molar refractivity (Wildman–Crippen MR) is 164 cm³/mol. The summed E-state index contributed by atoms with van der Waals surface area (Å²) >= 11 is 0. The summed E-state index contributed by atoms with van der Waals surface area (Å²) < 4.78 is 7.80. The number of para-hydroxylation sites is 1. The second kappa shape index (κ2) is 11.1. The van der Waals surface area contributed by atoms with E-state index in [1.54, 1.807) is 10.8 Å². The fourth-order valence-corrected chi connectivity index (χ4v) is 5.96. The summed E-state index contributed by atoms with van der Waals surface area (Å²) in [6, 6.07) is 16.3. The summed E-state index contributed by atoms with van der Waals surface area (Å²) in [5.74, 6) is 1.58. The summed E-state index contributed by atoms with van der Waals surface area (Å²) in [5.41, 5.74) is 10.1. The van der Waals surface area contributed by atoms with Gasteiger partial charge in [0.15, 0.2) is 11.5 Å². The number of aryl methyl sites for hydroxylation is 1. The largest absolute Gasteiger partial charge is 0.490 e. The van der Waals surface area contributed by atoms with Crippen molar-refractivity contribution in [1.29, 1.82) is 0 Å². The second-order valence-corrected chi connectivity index (χ2v) is 11.3. The zero-order valence-electron chi connectivity index (χ0n) is 23.7. The SMILES string of the molecule is CN1CCN(Cc2ccc(-n3c(=O)c4c(N)n[nH]c4c4cnc(NCC[C@H]5CCc6ccccc6O5)nc43)cc2)CC1. The normalized spacial score (nSPS) is 17.8. The summed E-state index contributed by atoms with van der Waals surface area (Å²) in [4.78, 5) is 28.0. The molecule has 4 N–H and O–H groups in total. The molecule has 2 aliphatic rings. The van der Waals surface area contributed by atoms with Crippen LogP contribution in [0.4, 0.5) is 11.8 Å². The van der Waals surface area contributed by atoms with E-state index in [4.69, 9.17) is 15.5 Å². The first kappa shape index (κ1) is 26.4. The minimum Gasteiger partial charge on any atom is -0.490 e. The zero-order valence-corrected chi connectivity index (χ0v) is 23.7. The minimum atomic E-state index is -0.269. The Labute approximate surface area is 243 Å². The highest BCUT2D eigenvalue weighted by Crippen LogP contribution is 2.29. The molecule has 0 bridgehead atoms. The number of rotatable bonds is 7. The van der Waals surface area contributed by atoms with Crippen molar-refractivity contribution in [2.45, 2.75) is 31.9 Å². The van der Waals surface area contributed by atoms with Crippen LogP contribution < -0.4 is 21.3 Å². The van der Waals surface area contributed by atoms with Crippen LogP contribution in [0.2, 0.25) is 0 Å². The smallest absolute Gasteiger partial charge is 0.270 e. The number of anilines is 2. The lowest BCUT2D eigenvalue weighted by molar-refractivity contribution is 0.148. The molecule has 5 heterocycles. The van der Waals surface area contributed by atoms with Gasteiger partial charge in [0.05, 0.1) is 16.6 Å². The molecular formula is C31H35N9O2. The molecule has 1 saturated heterocycles. The lowest BCUT2D eigenvalue weighted by Crippen LogP contribution is -2.43. The van der Waals surface area contributed by atoms with Crippen molar-refractivity contribution in [3.63, 3.8) is 0 Å². The molecule has 1 fully saturated rings. The molecule has 7 rings (SSSR count). The van der Waals surface area contributed by atoms with E-state index in [1.807, 2.05) is 24.3 Å². The van der Waals surface area contributed by atoms with E-state index in [0.717, 1.165) is 57.7 Å². The molecular weight excluding hydrogens is 530 g/mol. The zero-order chi connectivity index (χ0) is 28.6. The van der Waals surface area contributed by atoms with Crippen molar-refractivity contribution in [2.75, 3.05) is 50.8 Å². The van der Waals surface area contributed by atoms with Crippen molar-refractivity contribution < 1.29 is 4.74 Å². The average Bonchev–Trinajstić information content (AvgIpc) is 3.41. The van der Waals surface area contributed by atoms with Crippen molar-refractivity contribution in [2.24, 2.45) is 0 Å². The third kappa shape index (κ3) is 5.05. The Morgan fingerprint density at radius 2 is 1.90 bits per heavy atom. The summed E-state index contributed by atoms with van der Waals surface area (Å²) in [7, 11) is 2.16. The topological polar surface area (TPSA) is 130 Å². The van der Waals surface area contributed by atoms with Crippen LogP contribution in [0.1, 0.15) is 24.0 Å². The number of ether oxygens (including phenoxy) is 1. The third-order valence-electron chi connectivity index (χ3n) is 8.41. The van der Waals surface area contributed by atoms with Crippen molar-refractivity contribution >= 4 is 33.7 Å². The molecule has 0 unspecified atom stereocenters. The van der Waals surface area contributed by atoms with Gasteiger partial charge in [-0.15, -0.1) is 0 Å². The van der Waals surface area contributed by atoms with Gasteiger partial charge in [-0.1, -0.05) is 30.3 Å². The van der Waals surface area contributed by atoms with E-state index in [9.17, 15) is 4.79 Å². The van der Waals surface area contributed by atoms with Crippen LogP contribution in [0.3, 0.4) is 0 Å². The lowest BCUT2D eigenvalue weighted by atomic mass is 10.0. The van der Waals surface area contributed by atoms with Crippen molar-refractivity contribution in [3.05, 3.63) is 76.2 Å². The second-order valence-electron chi connectivity index (χ2n) is 11.3. The Kier molecular flexibility index (Phi) is 6.96. The van der Waals surface area contributed by atoms with Crippen molar-refractivity contribution in [1.82, 2.24) is 34.5 Å². The van der Waals surface area contributed by atoms with E-state index < -0.39 is 0 Å². The van der Waals surface area contributed by atoms with E-state index in [1.165, 1.54) is 11.1 Å². The summed E-state index contributed by atoms with van der Waals surface area (Å²) in [5, 5.41) is 11.4. The number of hydrogen-bond acceptors (Lipinski definition) is 9. The number of nitrogens with one attached hydrogen (secondary N) is 2. The van der Waals surface area contributed by atoms with E-state index in [2.05, 4.69) is 61.6 Å². The summed E-state index contributed by atoms with van der Waals surface area (Å²) in [6.45, 7) is 5.76. The van der Waals surface area contributed by atoms with Gasteiger partial charge in [-0.2, -0.15) is 10.1 Å². The fourth-order valence-electron chi connectivity index (χ4n) is 5.96. The van der Waals surface area contributed by atoms with E-state index in [-0.39, 0.29) is 17.5 Å². The van der Waals surface area contributed by atoms with Gasteiger partial charge in [-0.25, -0.2) is 4.98 Å². The van der Waals surface area contributed by atoms with Crippen LogP contribution in [0.5, 0.6) is 5.75 Å². The molecule has 0 aliphatic carbocycles. The molecule has 3 aromatic heterocycles. The predicted octanol–water partition coefficient (Wildman–Crippen LogP) is 3.18. The highest BCUT2D eigenvalue weighted by atomic mass is 16.5. The van der Waals surface area contributed by atoms with Gasteiger partial charge in [-0.3, -0.25) is 19.4 Å². The van der Waals surface area contributed by atoms with Gasteiger partial charge in [0, 0.05) is 51.9 Å². The minimum absolute atomic E-state index is 0.128. The molecule has 216 valence electrons. The fraction of sp³-hybridized carbons (Fsp3) is 0.355. The standard InChI is InChI=1S/C31H35N9O2/c1-38-14-16-39(17-15-38)19-20-6-9-22(10-7-20)40-29-24(27-26(30(40)41)28(32)37-36-27)18-34-31(35-29)33-13-12-23-11-8-21-4-2-3-5-25(21)42-23/h2-7,9-10,18,23H,8,11-17,19H2,1H3,(H3,32,36,37)(H,33,34,35)/t23-/m1/s1. The van der Waals surface area contributed by atoms with Crippen LogP contribution in [0.25, 0.3) is 27.6 Å². The number of pyridine rings is 1. The van der Waals surface area contributed by atoms with Gasteiger partial charge in [0.2, 0.25) is 5.95 Å². The molecule has 11 nitrogen and oxygen atoms in total. The average molecular weight is 566 g/mol. The van der Waals surface area contributed by atoms with Gasteiger partial charge in [0.25, 0.3) is 5.56 Å². The summed E-state index contributed by atoms with van der Waals surface area (Å²) in [6.07, 6.45) is 4.64. The van der Waals surface area contributed by atoms with Crippen molar-refractivity contribution in [3.8, 4) is 11.4 Å². The highest BCUT2D eigenvalue weighted by molar-refractivity contribution is 6.05. The number of piperazine rings is 1. The lowest BCUT2D eigenvalue weighted by Gasteiger charge is -2.32.